The molecule has 0 bridgehead atoms. The number of aromatic amines is 1. The van der Waals surface area contributed by atoms with Crippen LogP contribution in [0.5, 0.6) is 0 Å². The third-order valence-corrected chi connectivity index (χ3v) is 4.33. The van der Waals surface area contributed by atoms with Gasteiger partial charge in [0, 0.05) is 19.4 Å². The molecule has 0 saturated heterocycles. The largest absolute Gasteiger partial charge is 0.354 e. The first-order chi connectivity index (χ1) is 12.1. The molecule has 0 saturated carbocycles. The van der Waals surface area contributed by atoms with E-state index in [0.29, 0.717) is 19.4 Å². The van der Waals surface area contributed by atoms with Crippen LogP contribution in [0.4, 0.5) is 0 Å². The topological polar surface area (TPSA) is 61.0 Å². The van der Waals surface area contributed by atoms with Gasteiger partial charge in [-0.2, -0.15) is 0 Å². The minimum absolute atomic E-state index is 0.0447. The first kappa shape index (κ1) is 17.2. The highest BCUT2D eigenvalue weighted by Crippen LogP contribution is 2.17. The maximum atomic E-state index is 12.2. The number of carbonyl (C=O) groups excluding carboxylic acids is 1. The van der Waals surface area contributed by atoms with Crippen LogP contribution in [0.1, 0.15) is 23.9 Å². The molecule has 0 spiro atoms. The molecule has 3 rings (SSSR count). The number of fused-ring (bicyclic) bond motifs is 1. The molecule has 1 atom stereocenters. The van der Waals surface area contributed by atoms with E-state index < -0.39 is 0 Å². The van der Waals surface area contributed by atoms with Crippen LogP contribution in [-0.4, -0.2) is 41.4 Å². The van der Waals surface area contributed by atoms with Crippen molar-refractivity contribution in [2.45, 2.75) is 18.9 Å². The van der Waals surface area contributed by atoms with Crippen molar-refractivity contribution < 1.29 is 4.79 Å². The maximum absolute atomic E-state index is 12.2. The van der Waals surface area contributed by atoms with E-state index in [-0.39, 0.29) is 11.9 Å². The molecule has 5 heteroatoms. The number of rotatable bonds is 7. The predicted molar refractivity (Wildman–Crippen MR) is 100 cm³/mol. The van der Waals surface area contributed by atoms with E-state index in [1.165, 1.54) is 5.56 Å². The van der Waals surface area contributed by atoms with Crippen molar-refractivity contribution in [3.05, 3.63) is 66.0 Å². The summed E-state index contributed by atoms with van der Waals surface area (Å²) in [7, 11) is 4.05. The van der Waals surface area contributed by atoms with E-state index in [0.717, 1.165) is 16.9 Å². The van der Waals surface area contributed by atoms with Gasteiger partial charge < -0.3 is 15.2 Å². The van der Waals surface area contributed by atoms with Crippen molar-refractivity contribution in [1.29, 1.82) is 0 Å². The Bertz CT molecular complexity index is 793. The van der Waals surface area contributed by atoms with Crippen molar-refractivity contribution >= 4 is 16.9 Å². The van der Waals surface area contributed by atoms with E-state index in [2.05, 4.69) is 32.3 Å². The quantitative estimate of drug-likeness (QED) is 0.697. The fourth-order valence-corrected chi connectivity index (χ4v) is 2.93. The van der Waals surface area contributed by atoms with E-state index in [4.69, 9.17) is 0 Å². The number of carbonyl (C=O) groups is 1. The Morgan fingerprint density at radius 1 is 1.12 bits per heavy atom. The highest BCUT2D eigenvalue weighted by Gasteiger charge is 2.15. The van der Waals surface area contributed by atoms with Crippen LogP contribution in [-0.2, 0) is 11.2 Å². The second kappa shape index (κ2) is 7.94. The number of H-pyrrole nitrogens is 1. The number of hydrogen-bond acceptors (Lipinski definition) is 3. The van der Waals surface area contributed by atoms with Crippen LogP contribution in [0.3, 0.4) is 0 Å². The first-order valence-corrected chi connectivity index (χ1v) is 8.55. The second-order valence-electron chi connectivity index (χ2n) is 6.39. The van der Waals surface area contributed by atoms with E-state index in [1.54, 1.807) is 0 Å². The Morgan fingerprint density at radius 3 is 2.56 bits per heavy atom. The highest BCUT2D eigenvalue weighted by atomic mass is 16.1. The number of hydrogen-bond donors (Lipinski definition) is 2. The SMILES string of the molecule is CN(C)[C@@H](CNC(=O)CCc1nc2ccccc2[nH]1)c1ccccc1. The number of para-hydroxylation sites is 2. The van der Waals surface area contributed by atoms with E-state index in [9.17, 15) is 4.79 Å². The highest BCUT2D eigenvalue weighted by molar-refractivity contribution is 5.77. The zero-order valence-corrected chi connectivity index (χ0v) is 14.7. The van der Waals surface area contributed by atoms with Gasteiger partial charge in [-0.25, -0.2) is 4.98 Å². The molecule has 0 radical (unpaired) electrons. The molecule has 3 aromatic rings. The van der Waals surface area contributed by atoms with E-state index >= 15 is 0 Å². The summed E-state index contributed by atoms with van der Waals surface area (Å²) in [6.07, 6.45) is 1.03. The summed E-state index contributed by atoms with van der Waals surface area (Å²) in [5.41, 5.74) is 3.15. The summed E-state index contributed by atoms with van der Waals surface area (Å²) in [6.45, 7) is 0.593. The summed E-state index contributed by atoms with van der Waals surface area (Å²) in [6, 6.07) is 18.3. The molecule has 0 aliphatic rings. The van der Waals surface area contributed by atoms with Gasteiger partial charge in [-0.15, -0.1) is 0 Å². The average molecular weight is 336 g/mol. The zero-order chi connectivity index (χ0) is 17.6. The van der Waals surface area contributed by atoms with Gasteiger partial charge in [0.05, 0.1) is 17.1 Å². The summed E-state index contributed by atoms with van der Waals surface area (Å²) < 4.78 is 0. The second-order valence-corrected chi connectivity index (χ2v) is 6.39. The third kappa shape index (κ3) is 4.45. The maximum Gasteiger partial charge on any atom is 0.220 e. The molecule has 0 fully saturated rings. The third-order valence-electron chi connectivity index (χ3n) is 4.33. The number of nitrogens with one attached hydrogen (secondary N) is 2. The molecule has 2 N–H and O–H groups in total. The van der Waals surface area contributed by atoms with Crippen LogP contribution >= 0.6 is 0 Å². The number of benzene rings is 2. The standard InChI is InChI=1S/C20H24N4O/c1-24(2)18(15-8-4-3-5-9-15)14-21-20(25)13-12-19-22-16-10-6-7-11-17(16)23-19/h3-11,18H,12-14H2,1-2H3,(H,21,25)(H,22,23)/t18-/m0/s1. The Kier molecular flexibility index (Phi) is 5.46. The normalized spacial score (nSPS) is 12.4. The lowest BCUT2D eigenvalue weighted by Crippen LogP contribution is -2.34. The lowest BCUT2D eigenvalue weighted by Gasteiger charge is -2.25. The molecule has 25 heavy (non-hydrogen) atoms. The minimum atomic E-state index is 0.0447. The van der Waals surface area contributed by atoms with E-state index in [1.807, 2.05) is 56.6 Å². The van der Waals surface area contributed by atoms with Gasteiger partial charge in [-0.1, -0.05) is 42.5 Å². The average Bonchev–Trinajstić information content (AvgIpc) is 3.04. The Labute approximate surface area is 148 Å². The van der Waals surface area contributed by atoms with Crippen molar-refractivity contribution in [2.24, 2.45) is 0 Å². The Morgan fingerprint density at radius 2 is 1.84 bits per heavy atom. The predicted octanol–water partition coefficient (Wildman–Crippen LogP) is 2.91. The van der Waals surface area contributed by atoms with Gasteiger partial charge in [0.25, 0.3) is 0 Å². The van der Waals surface area contributed by atoms with Crippen LogP contribution in [0.25, 0.3) is 11.0 Å². The minimum Gasteiger partial charge on any atom is -0.354 e. The van der Waals surface area contributed by atoms with Crippen molar-refractivity contribution in [1.82, 2.24) is 20.2 Å². The molecule has 1 heterocycles. The molecule has 1 aromatic heterocycles. The molecular weight excluding hydrogens is 312 g/mol. The summed E-state index contributed by atoms with van der Waals surface area (Å²) >= 11 is 0. The first-order valence-electron chi connectivity index (χ1n) is 8.55. The lowest BCUT2D eigenvalue weighted by molar-refractivity contribution is -0.121. The number of likely N-dealkylation sites (N-methyl/N-ethyl adjacent to an activating group) is 1. The molecular formula is C20H24N4O. The van der Waals surface area contributed by atoms with Crippen LogP contribution < -0.4 is 5.32 Å². The molecule has 130 valence electrons. The lowest BCUT2D eigenvalue weighted by atomic mass is 10.1. The Balaban J connectivity index is 1.53. The zero-order valence-electron chi connectivity index (χ0n) is 14.7. The van der Waals surface area contributed by atoms with Crippen LogP contribution in [0, 0.1) is 0 Å². The van der Waals surface area contributed by atoms with Gasteiger partial charge in [-0.05, 0) is 31.8 Å². The van der Waals surface area contributed by atoms with Gasteiger partial charge in [0.2, 0.25) is 5.91 Å². The molecule has 0 aliphatic carbocycles. The smallest absolute Gasteiger partial charge is 0.220 e. The summed E-state index contributed by atoms with van der Waals surface area (Å²) in [4.78, 5) is 22.1. The van der Waals surface area contributed by atoms with Gasteiger partial charge >= 0.3 is 0 Å². The van der Waals surface area contributed by atoms with Crippen LogP contribution in [0.2, 0.25) is 0 Å². The molecule has 5 nitrogen and oxygen atoms in total. The Hall–Kier alpha value is -2.66. The number of aromatic nitrogens is 2. The number of amides is 1. The van der Waals surface area contributed by atoms with Crippen molar-refractivity contribution in [3.8, 4) is 0 Å². The van der Waals surface area contributed by atoms with Gasteiger partial charge in [0.15, 0.2) is 0 Å². The van der Waals surface area contributed by atoms with Gasteiger partial charge in [0.1, 0.15) is 5.82 Å². The summed E-state index contributed by atoms with van der Waals surface area (Å²) in [5, 5.41) is 3.04. The van der Waals surface area contributed by atoms with Crippen molar-refractivity contribution in [3.63, 3.8) is 0 Å². The number of imidazole rings is 1. The number of nitrogens with zero attached hydrogens (tertiary/aromatic N) is 2. The number of aryl methyl sites for hydroxylation is 1. The monoisotopic (exact) mass is 336 g/mol. The summed E-state index contributed by atoms with van der Waals surface area (Å²) in [5.74, 6) is 0.895. The fraction of sp³-hybridized carbons (Fsp3) is 0.300. The molecule has 1 amide bonds. The molecule has 0 unspecified atom stereocenters. The van der Waals surface area contributed by atoms with Crippen molar-refractivity contribution in [2.75, 3.05) is 20.6 Å². The molecule has 0 aliphatic heterocycles. The van der Waals surface area contributed by atoms with Crippen LogP contribution in [0.15, 0.2) is 54.6 Å². The molecule has 2 aromatic carbocycles. The fourth-order valence-electron chi connectivity index (χ4n) is 2.93. The van der Waals surface area contributed by atoms with Gasteiger partial charge in [-0.3, -0.25) is 4.79 Å².